The van der Waals surface area contributed by atoms with Gasteiger partial charge in [0.1, 0.15) is 0 Å². The lowest BCUT2D eigenvalue weighted by Crippen LogP contribution is -2.37. The van der Waals surface area contributed by atoms with Gasteiger partial charge in [-0.05, 0) is 30.5 Å². The van der Waals surface area contributed by atoms with Gasteiger partial charge >= 0.3 is 0 Å². The number of rotatable bonds is 5. The number of nitrogens with two attached hydrogens (primary N) is 1. The highest BCUT2D eigenvalue weighted by Gasteiger charge is 2.25. The van der Waals surface area contributed by atoms with Crippen molar-refractivity contribution in [2.75, 3.05) is 18.8 Å². The zero-order valence-corrected chi connectivity index (χ0v) is 18.3. The number of halogens is 1. The van der Waals surface area contributed by atoms with Crippen LogP contribution in [-0.2, 0) is 10.1 Å². The zero-order valence-electron chi connectivity index (χ0n) is 16.7. The molecular formula is C21H23BrN6O2. The van der Waals surface area contributed by atoms with E-state index in [1.807, 2.05) is 36.1 Å². The van der Waals surface area contributed by atoms with Crippen LogP contribution in [0.5, 0.6) is 0 Å². The normalized spacial score (nSPS) is 14.8. The maximum absolute atomic E-state index is 11.9. The molecule has 0 saturated carbocycles. The van der Waals surface area contributed by atoms with Gasteiger partial charge in [0.05, 0.1) is 11.9 Å². The molecule has 4 rings (SSSR count). The minimum absolute atomic E-state index is 0.195. The zero-order chi connectivity index (χ0) is 21.1. The number of amides is 1. The molecule has 0 spiro atoms. The molecule has 1 amide bonds. The summed E-state index contributed by atoms with van der Waals surface area (Å²) < 4.78 is 5.85. The molecule has 8 nitrogen and oxygen atoms in total. The number of nitrogen functional groups attached to an aromatic ring is 1. The summed E-state index contributed by atoms with van der Waals surface area (Å²) in [6.07, 6.45) is 3.93. The van der Waals surface area contributed by atoms with E-state index in [1.54, 1.807) is 6.20 Å². The molecule has 9 heteroatoms. The van der Waals surface area contributed by atoms with E-state index in [1.165, 1.54) is 0 Å². The van der Waals surface area contributed by atoms with Crippen LogP contribution in [0.15, 0.2) is 34.9 Å². The summed E-state index contributed by atoms with van der Waals surface area (Å²) in [4.78, 5) is 22.8. The van der Waals surface area contributed by atoms with Crippen molar-refractivity contribution in [3.05, 3.63) is 41.7 Å². The number of benzene rings is 1. The average molecular weight is 471 g/mol. The minimum atomic E-state index is 0.195. The second-order valence-electron chi connectivity index (χ2n) is 7.28. The van der Waals surface area contributed by atoms with Crippen LogP contribution in [0.2, 0.25) is 0 Å². The fraction of sp³-hybridized carbons (Fsp3) is 0.381. The fourth-order valence-corrected chi connectivity index (χ4v) is 3.96. The molecule has 1 aliphatic heterocycles. The Bertz CT molecular complexity index is 1030. The largest absolute Gasteiger partial charge is 0.414 e. The number of carbonyl (C=O) groups is 1. The molecule has 156 valence electrons. The summed E-state index contributed by atoms with van der Waals surface area (Å²) in [5, 5.41) is 9.07. The van der Waals surface area contributed by atoms with E-state index >= 15 is 0 Å². The monoisotopic (exact) mass is 470 g/mol. The summed E-state index contributed by atoms with van der Waals surface area (Å²) >= 11 is 3.43. The van der Waals surface area contributed by atoms with Gasteiger partial charge in [-0.25, -0.2) is 9.97 Å². The highest BCUT2D eigenvalue weighted by atomic mass is 79.9. The van der Waals surface area contributed by atoms with Crippen molar-refractivity contribution in [3.63, 3.8) is 0 Å². The third-order valence-corrected chi connectivity index (χ3v) is 6.02. The molecule has 1 fully saturated rings. The Balaban J connectivity index is 1.54. The van der Waals surface area contributed by atoms with E-state index in [0.29, 0.717) is 18.0 Å². The second-order valence-corrected chi connectivity index (χ2v) is 7.84. The van der Waals surface area contributed by atoms with Gasteiger partial charge in [-0.2, -0.15) is 0 Å². The van der Waals surface area contributed by atoms with Crippen molar-refractivity contribution in [2.24, 2.45) is 0 Å². The number of aromatic nitrogens is 4. The van der Waals surface area contributed by atoms with Gasteiger partial charge in [0.2, 0.25) is 11.8 Å². The lowest BCUT2D eigenvalue weighted by Gasteiger charge is -2.31. The van der Waals surface area contributed by atoms with Gasteiger partial charge in [-0.3, -0.25) is 4.79 Å². The number of hydrogen-bond donors (Lipinski definition) is 1. The van der Waals surface area contributed by atoms with Crippen molar-refractivity contribution >= 4 is 27.7 Å². The van der Waals surface area contributed by atoms with E-state index in [9.17, 15) is 4.79 Å². The first kappa shape index (κ1) is 20.5. The van der Waals surface area contributed by atoms with E-state index in [-0.39, 0.29) is 23.5 Å². The Kier molecular flexibility index (Phi) is 6.08. The smallest absolute Gasteiger partial charge is 0.270 e. The van der Waals surface area contributed by atoms with Crippen LogP contribution in [0.3, 0.4) is 0 Å². The van der Waals surface area contributed by atoms with Crippen molar-refractivity contribution < 1.29 is 9.21 Å². The lowest BCUT2D eigenvalue weighted by molar-refractivity contribution is -0.131. The lowest BCUT2D eigenvalue weighted by atomic mass is 9.93. The number of anilines is 1. The predicted octanol–water partition coefficient (Wildman–Crippen LogP) is 3.79. The molecule has 0 atom stereocenters. The summed E-state index contributed by atoms with van der Waals surface area (Å²) in [6.45, 7) is 3.35. The Morgan fingerprint density at radius 2 is 1.90 bits per heavy atom. The van der Waals surface area contributed by atoms with E-state index in [0.717, 1.165) is 48.1 Å². The van der Waals surface area contributed by atoms with Crippen LogP contribution >= 0.6 is 15.9 Å². The third-order valence-electron chi connectivity index (χ3n) is 5.37. The van der Waals surface area contributed by atoms with Crippen molar-refractivity contribution in [1.29, 1.82) is 0 Å². The van der Waals surface area contributed by atoms with Crippen LogP contribution in [0.4, 0.5) is 5.82 Å². The van der Waals surface area contributed by atoms with Gasteiger partial charge in [0.15, 0.2) is 11.5 Å². The molecule has 30 heavy (non-hydrogen) atoms. The summed E-state index contributed by atoms with van der Waals surface area (Å²) in [6, 6.07) is 7.87. The number of alkyl halides is 1. The van der Waals surface area contributed by atoms with Crippen LogP contribution < -0.4 is 5.73 Å². The van der Waals surface area contributed by atoms with Gasteiger partial charge < -0.3 is 15.1 Å². The Morgan fingerprint density at radius 1 is 1.20 bits per heavy atom. The first-order chi connectivity index (χ1) is 14.6. The molecule has 2 N–H and O–H groups in total. The minimum Gasteiger partial charge on any atom is -0.414 e. The number of carbonyl (C=O) groups excluding carboxylic acids is 1. The van der Waals surface area contributed by atoms with E-state index < -0.39 is 0 Å². The number of likely N-dealkylation sites (tertiary alicyclic amines) is 1. The van der Waals surface area contributed by atoms with Crippen molar-refractivity contribution in [1.82, 2.24) is 25.1 Å². The highest BCUT2D eigenvalue weighted by molar-refractivity contribution is 9.08. The topological polar surface area (TPSA) is 111 Å². The second kappa shape index (κ2) is 8.91. The van der Waals surface area contributed by atoms with Crippen LogP contribution in [0.25, 0.3) is 23.0 Å². The number of hydrogen-bond acceptors (Lipinski definition) is 7. The molecule has 1 saturated heterocycles. The summed E-state index contributed by atoms with van der Waals surface area (Å²) in [5.74, 6) is 1.32. The van der Waals surface area contributed by atoms with Crippen LogP contribution in [0.1, 0.15) is 43.4 Å². The third kappa shape index (κ3) is 4.21. The molecule has 0 unspecified atom stereocenters. The Morgan fingerprint density at radius 3 is 2.57 bits per heavy atom. The SMILES string of the molecule is CCC(=O)N1CCC(c2cnc(N)c(-c3nnc(-c4ccc(CBr)cc4)o3)n2)CC1. The van der Waals surface area contributed by atoms with Gasteiger partial charge in [-0.1, -0.05) is 35.0 Å². The molecule has 0 bridgehead atoms. The van der Waals surface area contributed by atoms with Gasteiger partial charge in [0, 0.05) is 36.3 Å². The van der Waals surface area contributed by atoms with Gasteiger partial charge in [-0.15, -0.1) is 10.2 Å². The average Bonchev–Trinajstić information content (AvgIpc) is 3.29. The van der Waals surface area contributed by atoms with Crippen molar-refractivity contribution in [3.8, 4) is 23.0 Å². The molecule has 3 heterocycles. The standard InChI is InChI=1S/C21H23BrN6O2/c1-2-17(29)28-9-7-14(8-10-28)16-12-24-19(23)18(25-16)21-27-26-20(30-21)15-5-3-13(11-22)4-6-15/h3-6,12,14H,2,7-11H2,1H3,(H2,23,24). The first-order valence-corrected chi connectivity index (χ1v) is 11.1. The maximum atomic E-state index is 11.9. The number of nitrogens with zero attached hydrogens (tertiary/aromatic N) is 5. The molecule has 3 aromatic rings. The predicted molar refractivity (Wildman–Crippen MR) is 117 cm³/mol. The van der Waals surface area contributed by atoms with Crippen molar-refractivity contribution in [2.45, 2.75) is 37.4 Å². The molecule has 0 radical (unpaired) electrons. The highest BCUT2D eigenvalue weighted by Crippen LogP contribution is 2.31. The Labute approximate surface area is 183 Å². The summed E-state index contributed by atoms with van der Waals surface area (Å²) in [7, 11) is 0. The first-order valence-electron chi connectivity index (χ1n) is 9.98. The molecule has 2 aromatic heterocycles. The Hall–Kier alpha value is -2.81. The summed E-state index contributed by atoms with van der Waals surface area (Å²) in [5.41, 5.74) is 9.28. The molecule has 1 aliphatic rings. The fourth-order valence-electron chi connectivity index (χ4n) is 3.59. The quantitative estimate of drug-likeness (QED) is 0.564. The van der Waals surface area contributed by atoms with Crippen LogP contribution in [-0.4, -0.2) is 44.1 Å². The maximum Gasteiger partial charge on any atom is 0.270 e. The molecule has 1 aromatic carbocycles. The number of piperidine rings is 1. The van der Waals surface area contributed by atoms with E-state index in [2.05, 4.69) is 31.1 Å². The molecule has 0 aliphatic carbocycles. The van der Waals surface area contributed by atoms with Crippen LogP contribution in [0, 0.1) is 0 Å². The van der Waals surface area contributed by atoms with E-state index in [4.69, 9.17) is 15.1 Å². The van der Waals surface area contributed by atoms with Gasteiger partial charge in [0.25, 0.3) is 5.89 Å². The molecular weight excluding hydrogens is 448 g/mol.